The molecule has 0 fully saturated rings. The third kappa shape index (κ3) is 2.82. The maximum atomic E-state index is 11.7. The van der Waals surface area contributed by atoms with Crippen molar-refractivity contribution in [2.75, 3.05) is 5.75 Å². The van der Waals surface area contributed by atoms with E-state index in [1.165, 1.54) is 5.56 Å². The Morgan fingerprint density at radius 2 is 2.00 bits per heavy atom. The van der Waals surface area contributed by atoms with E-state index in [1.807, 2.05) is 29.5 Å². The molecule has 3 rings (SSSR count). The van der Waals surface area contributed by atoms with Crippen LogP contribution in [0.25, 0.3) is 11.9 Å². The second kappa shape index (κ2) is 6.19. The number of thioether (sulfide) groups is 1. The standard InChI is InChI=1S/C16H16N4OS/c1-11-12(2)20-15(17-14(11)21)18-19-16(20)22-10-6-9-13-7-4-3-5-8-13/h3-9H,10H2,1-2H3,(H,17,18,21)/b9-6+. The fourth-order valence-electron chi connectivity index (χ4n) is 2.15. The van der Waals surface area contributed by atoms with Gasteiger partial charge in [0.1, 0.15) is 0 Å². The number of aryl methyl sites for hydroxylation is 1. The van der Waals surface area contributed by atoms with Crippen LogP contribution in [-0.2, 0) is 0 Å². The van der Waals surface area contributed by atoms with Gasteiger partial charge in [-0.05, 0) is 19.4 Å². The zero-order chi connectivity index (χ0) is 15.5. The number of aromatic nitrogens is 4. The Morgan fingerprint density at radius 1 is 1.23 bits per heavy atom. The highest BCUT2D eigenvalue weighted by atomic mass is 32.2. The van der Waals surface area contributed by atoms with Gasteiger partial charge in [-0.1, -0.05) is 54.2 Å². The number of H-pyrrole nitrogens is 1. The molecule has 0 bridgehead atoms. The SMILES string of the molecule is Cc1c(C)n2c(SC/C=C/c3ccccc3)nnc2[nH]c1=O. The zero-order valence-corrected chi connectivity index (χ0v) is 13.2. The van der Waals surface area contributed by atoms with E-state index in [-0.39, 0.29) is 5.56 Å². The van der Waals surface area contributed by atoms with Gasteiger partial charge < -0.3 is 0 Å². The van der Waals surface area contributed by atoms with Crippen molar-refractivity contribution in [3.8, 4) is 0 Å². The third-order valence-electron chi connectivity index (χ3n) is 3.50. The highest BCUT2D eigenvalue weighted by molar-refractivity contribution is 7.99. The van der Waals surface area contributed by atoms with Crippen molar-refractivity contribution in [2.45, 2.75) is 19.0 Å². The van der Waals surface area contributed by atoms with Crippen molar-refractivity contribution in [1.82, 2.24) is 19.6 Å². The summed E-state index contributed by atoms with van der Waals surface area (Å²) in [6.07, 6.45) is 4.17. The minimum absolute atomic E-state index is 0.113. The first-order valence-corrected chi connectivity index (χ1v) is 7.94. The molecule has 0 saturated heterocycles. The molecule has 5 nitrogen and oxygen atoms in total. The average molecular weight is 312 g/mol. The monoisotopic (exact) mass is 312 g/mol. The summed E-state index contributed by atoms with van der Waals surface area (Å²) in [6.45, 7) is 3.71. The summed E-state index contributed by atoms with van der Waals surface area (Å²) in [4.78, 5) is 14.5. The third-order valence-corrected chi connectivity index (χ3v) is 4.38. The molecular weight excluding hydrogens is 296 g/mol. The summed E-state index contributed by atoms with van der Waals surface area (Å²) in [6, 6.07) is 10.2. The molecule has 0 aliphatic carbocycles. The first kappa shape index (κ1) is 14.6. The summed E-state index contributed by atoms with van der Waals surface area (Å²) in [5.74, 6) is 1.27. The number of benzene rings is 1. The lowest BCUT2D eigenvalue weighted by molar-refractivity contribution is 0.876. The number of nitrogens with zero attached hydrogens (tertiary/aromatic N) is 3. The molecule has 0 spiro atoms. The van der Waals surface area contributed by atoms with Crippen molar-refractivity contribution in [1.29, 1.82) is 0 Å². The van der Waals surface area contributed by atoms with Crippen LogP contribution < -0.4 is 5.56 Å². The molecule has 0 aliphatic heterocycles. The lowest BCUT2D eigenvalue weighted by Crippen LogP contribution is -2.15. The van der Waals surface area contributed by atoms with E-state index in [0.29, 0.717) is 11.3 Å². The van der Waals surface area contributed by atoms with Crippen LogP contribution in [0, 0.1) is 13.8 Å². The van der Waals surface area contributed by atoms with Gasteiger partial charge >= 0.3 is 0 Å². The molecule has 0 radical (unpaired) electrons. The van der Waals surface area contributed by atoms with E-state index in [1.54, 1.807) is 18.7 Å². The predicted molar refractivity (Wildman–Crippen MR) is 89.3 cm³/mol. The van der Waals surface area contributed by atoms with E-state index >= 15 is 0 Å². The van der Waals surface area contributed by atoms with E-state index in [0.717, 1.165) is 16.6 Å². The maximum Gasteiger partial charge on any atom is 0.255 e. The smallest absolute Gasteiger partial charge is 0.255 e. The molecule has 2 aromatic heterocycles. The normalized spacial score (nSPS) is 11.5. The Kier molecular flexibility index (Phi) is 4.11. The average Bonchev–Trinajstić information content (AvgIpc) is 2.93. The van der Waals surface area contributed by atoms with Gasteiger partial charge in [0.2, 0.25) is 5.78 Å². The molecule has 3 aromatic rings. The summed E-state index contributed by atoms with van der Waals surface area (Å²) in [5, 5.41) is 8.97. The van der Waals surface area contributed by atoms with Crippen LogP contribution in [0.2, 0.25) is 0 Å². The zero-order valence-electron chi connectivity index (χ0n) is 12.4. The molecule has 0 saturated carbocycles. The van der Waals surface area contributed by atoms with Crippen LogP contribution in [-0.4, -0.2) is 25.3 Å². The second-order valence-electron chi connectivity index (χ2n) is 4.93. The van der Waals surface area contributed by atoms with E-state index < -0.39 is 0 Å². The molecule has 1 N–H and O–H groups in total. The Labute approximate surface area is 132 Å². The number of aromatic amines is 1. The summed E-state index contributed by atoms with van der Waals surface area (Å²) < 4.78 is 1.89. The van der Waals surface area contributed by atoms with Gasteiger partial charge in [0.15, 0.2) is 5.16 Å². The van der Waals surface area contributed by atoms with Gasteiger partial charge in [0, 0.05) is 17.0 Å². The Bertz CT molecular complexity index is 880. The summed E-state index contributed by atoms with van der Waals surface area (Å²) >= 11 is 1.59. The Morgan fingerprint density at radius 3 is 2.77 bits per heavy atom. The highest BCUT2D eigenvalue weighted by Crippen LogP contribution is 2.18. The summed E-state index contributed by atoms with van der Waals surface area (Å²) in [7, 11) is 0. The number of hydrogen-bond acceptors (Lipinski definition) is 4. The first-order chi connectivity index (χ1) is 10.7. The number of rotatable bonds is 4. The Balaban J connectivity index is 1.79. The van der Waals surface area contributed by atoms with Gasteiger partial charge in [-0.3, -0.25) is 14.2 Å². The van der Waals surface area contributed by atoms with Crippen LogP contribution in [0.15, 0.2) is 46.4 Å². The molecule has 112 valence electrons. The predicted octanol–water partition coefficient (Wildman–Crippen LogP) is 2.84. The van der Waals surface area contributed by atoms with Crippen molar-refractivity contribution in [3.05, 3.63) is 63.6 Å². The first-order valence-electron chi connectivity index (χ1n) is 6.96. The van der Waals surface area contributed by atoms with Crippen molar-refractivity contribution < 1.29 is 0 Å². The molecule has 22 heavy (non-hydrogen) atoms. The van der Waals surface area contributed by atoms with Gasteiger partial charge in [-0.15, -0.1) is 10.2 Å². The van der Waals surface area contributed by atoms with Gasteiger partial charge in [0.05, 0.1) is 0 Å². The topological polar surface area (TPSA) is 63.1 Å². The van der Waals surface area contributed by atoms with E-state index in [2.05, 4.69) is 39.5 Å². The van der Waals surface area contributed by atoms with Crippen molar-refractivity contribution in [3.63, 3.8) is 0 Å². The van der Waals surface area contributed by atoms with Crippen LogP contribution in [0.1, 0.15) is 16.8 Å². The number of nitrogens with one attached hydrogen (secondary N) is 1. The van der Waals surface area contributed by atoms with Crippen LogP contribution in [0.5, 0.6) is 0 Å². The Hall–Kier alpha value is -2.34. The van der Waals surface area contributed by atoms with Gasteiger partial charge in [0.25, 0.3) is 5.56 Å². The van der Waals surface area contributed by atoms with E-state index in [4.69, 9.17) is 0 Å². The molecule has 0 amide bonds. The minimum atomic E-state index is -0.113. The second-order valence-corrected chi connectivity index (χ2v) is 5.92. The van der Waals surface area contributed by atoms with Crippen LogP contribution in [0.4, 0.5) is 0 Å². The van der Waals surface area contributed by atoms with Crippen molar-refractivity contribution in [2.24, 2.45) is 0 Å². The molecule has 1 aromatic carbocycles. The molecule has 6 heteroatoms. The van der Waals surface area contributed by atoms with E-state index in [9.17, 15) is 4.79 Å². The largest absolute Gasteiger partial charge is 0.290 e. The minimum Gasteiger partial charge on any atom is -0.290 e. The quantitative estimate of drug-likeness (QED) is 0.752. The van der Waals surface area contributed by atoms with Gasteiger partial charge in [-0.2, -0.15) is 0 Å². The fourth-order valence-corrected chi connectivity index (χ4v) is 2.94. The number of hydrogen-bond donors (Lipinski definition) is 1. The van der Waals surface area contributed by atoms with Crippen LogP contribution >= 0.6 is 11.8 Å². The molecular formula is C16H16N4OS. The lowest BCUT2D eigenvalue weighted by Gasteiger charge is -2.04. The van der Waals surface area contributed by atoms with Gasteiger partial charge in [-0.25, -0.2) is 0 Å². The number of fused-ring (bicyclic) bond motifs is 1. The molecule has 0 atom stereocenters. The fraction of sp³-hybridized carbons (Fsp3) is 0.188. The maximum absolute atomic E-state index is 11.7. The van der Waals surface area contributed by atoms with Crippen molar-refractivity contribution >= 4 is 23.6 Å². The highest BCUT2D eigenvalue weighted by Gasteiger charge is 2.11. The molecule has 0 aliphatic rings. The molecule has 0 unspecified atom stereocenters. The molecule has 2 heterocycles. The summed E-state index contributed by atoms with van der Waals surface area (Å²) in [5.41, 5.74) is 2.62. The van der Waals surface area contributed by atoms with Crippen LogP contribution in [0.3, 0.4) is 0 Å². The lowest BCUT2D eigenvalue weighted by atomic mass is 10.2.